The molecule has 1 saturated heterocycles. The first-order chi connectivity index (χ1) is 13.0. The Morgan fingerprint density at radius 1 is 1.26 bits per heavy atom. The third-order valence-electron chi connectivity index (χ3n) is 4.86. The molecule has 1 heterocycles. The average Bonchev–Trinajstić information content (AvgIpc) is 3.22. The number of benzene rings is 1. The molecule has 1 fully saturated rings. The van der Waals surface area contributed by atoms with Gasteiger partial charge in [0, 0.05) is 19.2 Å². The summed E-state index contributed by atoms with van der Waals surface area (Å²) >= 11 is 0. The molecule has 0 N–H and O–H groups in total. The van der Waals surface area contributed by atoms with E-state index in [1.54, 1.807) is 11.8 Å². The van der Waals surface area contributed by atoms with Crippen molar-refractivity contribution in [3.05, 3.63) is 35.9 Å². The van der Waals surface area contributed by atoms with Gasteiger partial charge in [-0.15, -0.1) is 0 Å². The van der Waals surface area contributed by atoms with Crippen LogP contribution in [0.3, 0.4) is 0 Å². The van der Waals surface area contributed by atoms with Crippen molar-refractivity contribution in [2.24, 2.45) is 0 Å². The van der Waals surface area contributed by atoms with E-state index in [4.69, 9.17) is 14.2 Å². The van der Waals surface area contributed by atoms with Gasteiger partial charge in [-0.1, -0.05) is 37.3 Å². The fraction of sp³-hybridized carbons (Fsp3) is 0.619. The van der Waals surface area contributed by atoms with Gasteiger partial charge in [0.05, 0.1) is 12.7 Å². The average molecular weight is 377 g/mol. The second kappa shape index (κ2) is 11.0. The van der Waals surface area contributed by atoms with E-state index in [1.807, 2.05) is 44.2 Å². The van der Waals surface area contributed by atoms with Crippen LogP contribution in [0, 0.1) is 0 Å². The maximum absolute atomic E-state index is 12.6. The second-order valence-corrected chi connectivity index (χ2v) is 6.98. The molecule has 1 aromatic carbocycles. The maximum atomic E-state index is 12.6. The van der Waals surface area contributed by atoms with Gasteiger partial charge in [0.1, 0.15) is 0 Å². The summed E-state index contributed by atoms with van der Waals surface area (Å²) in [7, 11) is 0. The van der Waals surface area contributed by atoms with E-state index < -0.39 is 12.1 Å². The highest BCUT2D eigenvalue weighted by atomic mass is 16.6. The number of esters is 1. The smallest absolute Gasteiger partial charge is 0.335 e. The summed E-state index contributed by atoms with van der Waals surface area (Å²) in [5, 5.41) is 0. The number of rotatable bonds is 10. The van der Waals surface area contributed by atoms with E-state index in [9.17, 15) is 9.59 Å². The number of nitrogens with zero attached hydrogens (tertiary/aromatic N) is 1. The van der Waals surface area contributed by atoms with E-state index in [0.29, 0.717) is 13.2 Å². The standard InChI is InChI=1S/C21H31NO5/c1-4-16(2)22(13-18-9-6-5-7-10-18)20(23)15-27-21(24)17(3)26-14-19-11-8-12-25-19/h5-7,9-10,16-17,19H,4,8,11-15H2,1-3H3. The molecule has 3 atom stereocenters. The topological polar surface area (TPSA) is 65.1 Å². The SMILES string of the molecule is CCC(C)N(Cc1ccccc1)C(=O)COC(=O)C(C)OCC1CCCO1. The van der Waals surface area contributed by atoms with Crippen molar-refractivity contribution in [3.8, 4) is 0 Å². The number of amides is 1. The summed E-state index contributed by atoms with van der Waals surface area (Å²) in [4.78, 5) is 26.5. The highest BCUT2D eigenvalue weighted by Crippen LogP contribution is 2.14. The van der Waals surface area contributed by atoms with Crippen molar-refractivity contribution in [3.63, 3.8) is 0 Å². The Labute approximate surface area is 161 Å². The predicted molar refractivity (Wildman–Crippen MR) is 102 cm³/mol. The van der Waals surface area contributed by atoms with Crippen LogP contribution < -0.4 is 0 Å². The fourth-order valence-corrected chi connectivity index (χ4v) is 2.92. The van der Waals surface area contributed by atoms with Crippen molar-refractivity contribution in [1.82, 2.24) is 4.90 Å². The van der Waals surface area contributed by atoms with Crippen LogP contribution in [0.5, 0.6) is 0 Å². The second-order valence-electron chi connectivity index (χ2n) is 6.98. The van der Waals surface area contributed by atoms with E-state index in [-0.39, 0.29) is 24.7 Å². The molecule has 0 radical (unpaired) electrons. The minimum Gasteiger partial charge on any atom is -0.454 e. The van der Waals surface area contributed by atoms with Crippen molar-refractivity contribution < 1.29 is 23.8 Å². The number of hydrogen-bond donors (Lipinski definition) is 0. The lowest BCUT2D eigenvalue weighted by Gasteiger charge is -2.28. The zero-order valence-corrected chi connectivity index (χ0v) is 16.6. The van der Waals surface area contributed by atoms with E-state index in [0.717, 1.165) is 31.4 Å². The molecule has 0 bridgehead atoms. The van der Waals surface area contributed by atoms with Crippen LogP contribution in [-0.4, -0.2) is 54.8 Å². The highest BCUT2D eigenvalue weighted by Gasteiger charge is 2.24. The van der Waals surface area contributed by atoms with Crippen LogP contribution in [-0.2, 0) is 30.3 Å². The largest absolute Gasteiger partial charge is 0.454 e. The van der Waals surface area contributed by atoms with Crippen molar-refractivity contribution >= 4 is 11.9 Å². The normalized spacial score (nSPS) is 18.7. The highest BCUT2D eigenvalue weighted by molar-refractivity contribution is 5.82. The monoisotopic (exact) mass is 377 g/mol. The molecule has 0 aromatic heterocycles. The molecule has 2 rings (SSSR count). The summed E-state index contributed by atoms with van der Waals surface area (Å²) in [6.45, 7) is 7.00. The van der Waals surface area contributed by atoms with Crippen LogP contribution in [0.2, 0.25) is 0 Å². The van der Waals surface area contributed by atoms with Gasteiger partial charge in [0.15, 0.2) is 12.7 Å². The Kier molecular flexibility index (Phi) is 8.75. The summed E-state index contributed by atoms with van der Waals surface area (Å²) < 4.78 is 16.2. The Hall–Kier alpha value is -1.92. The molecule has 1 amide bonds. The zero-order chi connectivity index (χ0) is 19.6. The zero-order valence-electron chi connectivity index (χ0n) is 16.6. The van der Waals surface area contributed by atoms with E-state index in [2.05, 4.69) is 0 Å². The lowest BCUT2D eigenvalue weighted by Crippen LogP contribution is -2.41. The Morgan fingerprint density at radius 2 is 2.00 bits per heavy atom. The first kappa shape index (κ1) is 21.4. The number of hydrogen-bond acceptors (Lipinski definition) is 5. The summed E-state index contributed by atoms with van der Waals surface area (Å²) in [5.41, 5.74) is 1.05. The number of carbonyl (C=O) groups excluding carboxylic acids is 2. The van der Waals surface area contributed by atoms with Crippen molar-refractivity contribution in [2.75, 3.05) is 19.8 Å². The summed E-state index contributed by atoms with van der Waals surface area (Å²) in [5.74, 6) is -0.724. The predicted octanol–water partition coefficient (Wildman–Crippen LogP) is 2.94. The minimum absolute atomic E-state index is 0.0497. The van der Waals surface area contributed by atoms with Gasteiger partial charge < -0.3 is 19.1 Å². The minimum atomic E-state index is -0.715. The molecule has 0 spiro atoms. The van der Waals surface area contributed by atoms with Gasteiger partial charge in [-0.3, -0.25) is 4.79 Å². The molecular formula is C21H31NO5. The van der Waals surface area contributed by atoms with Gasteiger partial charge in [0.25, 0.3) is 5.91 Å². The van der Waals surface area contributed by atoms with E-state index in [1.165, 1.54) is 0 Å². The lowest BCUT2D eigenvalue weighted by atomic mass is 10.1. The first-order valence-electron chi connectivity index (χ1n) is 9.74. The Morgan fingerprint density at radius 3 is 2.63 bits per heavy atom. The summed E-state index contributed by atoms with van der Waals surface area (Å²) in [6, 6.07) is 9.86. The van der Waals surface area contributed by atoms with Crippen LogP contribution >= 0.6 is 0 Å². The van der Waals surface area contributed by atoms with Crippen LogP contribution in [0.1, 0.15) is 45.6 Å². The first-order valence-corrected chi connectivity index (χ1v) is 9.74. The molecule has 1 aliphatic heterocycles. The van der Waals surface area contributed by atoms with Gasteiger partial charge in [0.2, 0.25) is 0 Å². The molecule has 150 valence electrons. The van der Waals surface area contributed by atoms with Gasteiger partial charge in [-0.05, 0) is 38.7 Å². The van der Waals surface area contributed by atoms with Crippen molar-refractivity contribution in [2.45, 2.75) is 64.8 Å². The molecule has 0 saturated carbocycles. The number of carbonyl (C=O) groups is 2. The molecule has 3 unspecified atom stereocenters. The molecule has 0 aliphatic carbocycles. The van der Waals surface area contributed by atoms with Gasteiger partial charge in [-0.25, -0.2) is 4.79 Å². The van der Waals surface area contributed by atoms with Gasteiger partial charge >= 0.3 is 5.97 Å². The quantitative estimate of drug-likeness (QED) is 0.587. The molecule has 6 nitrogen and oxygen atoms in total. The Bertz CT molecular complexity index is 585. The molecule has 1 aliphatic rings. The molecule has 27 heavy (non-hydrogen) atoms. The third kappa shape index (κ3) is 6.96. The Balaban J connectivity index is 1.81. The number of ether oxygens (including phenoxy) is 3. The molecule has 1 aromatic rings. The van der Waals surface area contributed by atoms with Crippen LogP contribution in [0.25, 0.3) is 0 Å². The molecule has 6 heteroatoms. The van der Waals surface area contributed by atoms with Crippen LogP contribution in [0.4, 0.5) is 0 Å². The summed E-state index contributed by atoms with van der Waals surface area (Å²) in [6.07, 6.45) is 2.13. The maximum Gasteiger partial charge on any atom is 0.335 e. The lowest BCUT2D eigenvalue weighted by molar-refractivity contribution is -0.163. The van der Waals surface area contributed by atoms with Crippen molar-refractivity contribution in [1.29, 1.82) is 0 Å². The van der Waals surface area contributed by atoms with E-state index >= 15 is 0 Å². The third-order valence-corrected chi connectivity index (χ3v) is 4.86. The molecular weight excluding hydrogens is 346 g/mol. The fourth-order valence-electron chi connectivity index (χ4n) is 2.92. The van der Waals surface area contributed by atoms with Gasteiger partial charge in [-0.2, -0.15) is 0 Å². The van der Waals surface area contributed by atoms with Crippen LogP contribution in [0.15, 0.2) is 30.3 Å².